The summed E-state index contributed by atoms with van der Waals surface area (Å²) in [4.78, 5) is 17.1. The lowest BCUT2D eigenvalue weighted by molar-refractivity contribution is 0.102. The Kier molecular flexibility index (Phi) is 5.11. The first kappa shape index (κ1) is 17.9. The van der Waals surface area contributed by atoms with E-state index in [-0.39, 0.29) is 5.91 Å². The van der Waals surface area contributed by atoms with Gasteiger partial charge in [0.2, 0.25) is 0 Å². The van der Waals surface area contributed by atoms with Crippen LogP contribution in [-0.2, 0) is 5.75 Å². The molecule has 1 amide bonds. The number of nitrogens with one attached hydrogen (secondary N) is 1. The van der Waals surface area contributed by atoms with E-state index in [0.717, 1.165) is 17.1 Å². The molecule has 28 heavy (non-hydrogen) atoms. The third-order valence-corrected chi connectivity index (χ3v) is 4.83. The van der Waals surface area contributed by atoms with E-state index in [2.05, 4.69) is 31.0 Å². The van der Waals surface area contributed by atoms with Crippen molar-refractivity contribution >= 4 is 23.4 Å². The van der Waals surface area contributed by atoms with E-state index in [1.807, 2.05) is 25.1 Å². The predicted octanol–water partition coefficient (Wildman–Crippen LogP) is 2.90. The van der Waals surface area contributed by atoms with E-state index in [4.69, 9.17) is 4.52 Å². The van der Waals surface area contributed by atoms with Gasteiger partial charge in [-0.05, 0) is 53.7 Å². The van der Waals surface area contributed by atoms with Crippen molar-refractivity contribution in [2.75, 3.05) is 5.32 Å². The Bertz CT molecular complexity index is 1080. The maximum Gasteiger partial charge on any atom is 0.258 e. The number of anilines is 1. The van der Waals surface area contributed by atoms with E-state index in [0.29, 0.717) is 22.0 Å². The molecule has 1 N–H and O–H groups in total. The lowest BCUT2D eigenvalue weighted by atomic mass is 10.2. The van der Waals surface area contributed by atoms with Gasteiger partial charge in [-0.1, -0.05) is 16.9 Å². The van der Waals surface area contributed by atoms with Crippen LogP contribution in [-0.4, -0.2) is 36.3 Å². The predicted molar refractivity (Wildman–Crippen MR) is 102 cm³/mol. The summed E-state index contributed by atoms with van der Waals surface area (Å²) in [5, 5.41) is 18.5. The molecule has 0 atom stereocenters. The molecule has 0 unspecified atom stereocenters. The molecule has 0 aliphatic heterocycles. The number of nitrogens with zero attached hydrogens (tertiary/aromatic N) is 6. The normalized spacial score (nSPS) is 10.8. The quantitative estimate of drug-likeness (QED) is 0.498. The molecule has 1 aromatic carbocycles. The van der Waals surface area contributed by atoms with Crippen LogP contribution < -0.4 is 5.32 Å². The first-order chi connectivity index (χ1) is 13.7. The van der Waals surface area contributed by atoms with Gasteiger partial charge in [0.25, 0.3) is 5.91 Å². The second kappa shape index (κ2) is 8.01. The number of thioether (sulfide) groups is 1. The van der Waals surface area contributed by atoms with E-state index in [9.17, 15) is 4.79 Å². The van der Waals surface area contributed by atoms with Gasteiger partial charge in [-0.2, -0.15) is 0 Å². The third kappa shape index (κ3) is 4.07. The molecule has 0 aliphatic rings. The van der Waals surface area contributed by atoms with Crippen LogP contribution in [0.4, 0.5) is 5.69 Å². The molecule has 4 aromatic rings. The van der Waals surface area contributed by atoms with Crippen LogP contribution >= 0.6 is 11.8 Å². The molecule has 4 rings (SSSR count). The fourth-order valence-corrected chi connectivity index (χ4v) is 3.35. The van der Waals surface area contributed by atoms with Crippen molar-refractivity contribution in [3.05, 3.63) is 72.0 Å². The molecule has 0 fully saturated rings. The molecule has 0 aliphatic carbocycles. The number of hydrogen-bond donors (Lipinski definition) is 1. The zero-order chi connectivity index (χ0) is 19.3. The maximum absolute atomic E-state index is 12.7. The van der Waals surface area contributed by atoms with Crippen LogP contribution in [0.5, 0.6) is 0 Å². The minimum Gasteiger partial charge on any atom is -0.361 e. The fraction of sp³-hybridized carbons (Fsp3) is 0.111. The average Bonchev–Trinajstić information content (AvgIpc) is 3.39. The van der Waals surface area contributed by atoms with Crippen LogP contribution in [0, 0.1) is 6.92 Å². The zero-order valence-electron chi connectivity index (χ0n) is 14.8. The van der Waals surface area contributed by atoms with Gasteiger partial charge in [0, 0.05) is 23.7 Å². The summed E-state index contributed by atoms with van der Waals surface area (Å²) in [5.74, 6) is 1.08. The summed E-state index contributed by atoms with van der Waals surface area (Å²) in [6, 6.07) is 12.6. The molecule has 3 heterocycles. The summed E-state index contributed by atoms with van der Waals surface area (Å²) < 4.78 is 6.60. The Labute approximate surface area is 164 Å². The van der Waals surface area contributed by atoms with E-state index in [1.54, 1.807) is 30.5 Å². The summed E-state index contributed by atoms with van der Waals surface area (Å²) in [7, 11) is 0. The Balaban J connectivity index is 1.46. The van der Waals surface area contributed by atoms with Gasteiger partial charge in [0.15, 0.2) is 0 Å². The number of aryl methyl sites for hydroxylation is 1. The number of amides is 1. The lowest BCUT2D eigenvalue weighted by Gasteiger charge is -2.09. The molecule has 3 aromatic heterocycles. The average molecular weight is 393 g/mol. The van der Waals surface area contributed by atoms with Crippen molar-refractivity contribution in [2.45, 2.75) is 17.7 Å². The molecule has 0 saturated heterocycles. The van der Waals surface area contributed by atoms with Crippen LogP contribution in [0.1, 0.15) is 21.8 Å². The van der Waals surface area contributed by atoms with Crippen molar-refractivity contribution < 1.29 is 9.32 Å². The van der Waals surface area contributed by atoms with Gasteiger partial charge in [0.1, 0.15) is 17.1 Å². The Morgan fingerprint density at radius 1 is 1.25 bits per heavy atom. The number of carbonyl (C=O) groups excluding carboxylic acids is 1. The van der Waals surface area contributed by atoms with Crippen LogP contribution in [0.15, 0.2) is 64.5 Å². The number of carbonyl (C=O) groups is 1. The summed E-state index contributed by atoms with van der Waals surface area (Å²) in [5.41, 5.74) is 2.76. The summed E-state index contributed by atoms with van der Waals surface area (Å²) >= 11 is 1.43. The van der Waals surface area contributed by atoms with Gasteiger partial charge in [0.05, 0.1) is 16.9 Å². The Morgan fingerprint density at radius 2 is 2.11 bits per heavy atom. The minimum atomic E-state index is -0.234. The molecule has 0 bridgehead atoms. The number of aromatic nitrogens is 6. The van der Waals surface area contributed by atoms with E-state index < -0.39 is 0 Å². The van der Waals surface area contributed by atoms with Gasteiger partial charge in [-0.15, -0.1) is 5.10 Å². The summed E-state index contributed by atoms with van der Waals surface area (Å²) in [6.07, 6.45) is 3.16. The molecule has 0 spiro atoms. The number of benzene rings is 1. The lowest BCUT2D eigenvalue weighted by Crippen LogP contribution is -2.13. The maximum atomic E-state index is 12.7. The van der Waals surface area contributed by atoms with Crippen LogP contribution in [0.25, 0.3) is 5.69 Å². The highest BCUT2D eigenvalue weighted by atomic mass is 32.2. The van der Waals surface area contributed by atoms with Crippen LogP contribution in [0.2, 0.25) is 0 Å². The highest BCUT2D eigenvalue weighted by molar-refractivity contribution is 7.98. The Hall–Kier alpha value is -3.53. The third-order valence-electron chi connectivity index (χ3n) is 3.79. The van der Waals surface area contributed by atoms with Gasteiger partial charge < -0.3 is 9.84 Å². The van der Waals surface area contributed by atoms with Crippen molar-refractivity contribution in [1.29, 1.82) is 0 Å². The molecule has 140 valence electrons. The highest BCUT2D eigenvalue weighted by Crippen LogP contribution is 2.25. The van der Waals surface area contributed by atoms with E-state index in [1.165, 1.54) is 22.8 Å². The topological polar surface area (TPSA) is 112 Å². The van der Waals surface area contributed by atoms with Crippen LogP contribution in [0.3, 0.4) is 0 Å². The fourth-order valence-electron chi connectivity index (χ4n) is 2.48. The van der Waals surface area contributed by atoms with Crippen molar-refractivity contribution in [3.8, 4) is 5.69 Å². The molecule has 10 heteroatoms. The number of tetrazole rings is 1. The zero-order valence-corrected chi connectivity index (χ0v) is 15.6. The first-order valence-electron chi connectivity index (χ1n) is 8.34. The molecular formula is C18H15N7O2S. The SMILES string of the molecule is Cc1cc(CSc2ncccc2C(=O)Nc2ccc(-n3cnnn3)cc2)no1. The second-order valence-corrected chi connectivity index (χ2v) is 6.79. The van der Waals surface area contributed by atoms with Gasteiger partial charge in [-0.3, -0.25) is 4.79 Å². The number of hydrogen-bond acceptors (Lipinski definition) is 8. The smallest absolute Gasteiger partial charge is 0.258 e. The van der Waals surface area contributed by atoms with Crippen molar-refractivity contribution in [1.82, 2.24) is 30.3 Å². The molecule has 0 radical (unpaired) electrons. The molecular weight excluding hydrogens is 378 g/mol. The minimum absolute atomic E-state index is 0.234. The van der Waals surface area contributed by atoms with Gasteiger partial charge in [-0.25, -0.2) is 9.67 Å². The second-order valence-electron chi connectivity index (χ2n) is 5.83. The monoisotopic (exact) mass is 393 g/mol. The first-order valence-corrected chi connectivity index (χ1v) is 9.32. The van der Waals surface area contributed by atoms with Crippen molar-refractivity contribution in [3.63, 3.8) is 0 Å². The number of rotatable bonds is 6. The summed E-state index contributed by atoms with van der Waals surface area (Å²) in [6.45, 7) is 1.84. The van der Waals surface area contributed by atoms with E-state index >= 15 is 0 Å². The van der Waals surface area contributed by atoms with Crippen molar-refractivity contribution in [2.24, 2.45) is 0 Å². The largest absolute Gasteiger partial charge is 0.361 e. The standard InChI is InChI=1S/C18H15N7O2S/c1-12-9-14(22-27-12)10-28-18-16(3-2-8-19-18)17(26)21-13-4-6-15(7-5-13)25-11-20-23-24-25/h2-9,11H,10H2,1H3,(H,21,26). The molecule has 0 saturated carbocycles. The number of pyridine rings is 1. The van der Waals surface area contributed by atoms with Gasteiger partial charge >= 0.3 is 0 Å². The Morgan fingerprint density at radius 3 is 2.82 bits per heavy atom. The highest BCUT2D eigenvalue weighted by Gasteiger charge is 2.14. The molecule has 9 nitrogen and oxygen atoms in total.